The summed E-state index contributed by atoms with van der Waals surface area (Å²) in [6.07, 6.45) is -4.52. The molecule has 0 aliphatic carbocycles. The number of carbonyl (C=O) groups excluding carboxylic acids is 2. The lowest BCUT2D eigenvalue weighted by atomic mass is 10.1. The number of H-pyrrole nitrogens is 1. The monoisotopic (exact) mass is 366 g/mol. The molecule has 0 unspecified atom stereocenters. The number of halogens is 3. The van der Waals surface area contributed by atoms with Gasteiger partial charge >= 0.3 is 6.18 Å². The number of piperazine rings is 1. The van der Waals surface area contributed by atoms with E-state index in [2.05, 4.69) is 5.10 Å². The van der Waals surface area contributed by atoms with Crippen LogP contribution in [0.3, 0.4) is 0 Å². The van der Waals surface area contributed by atoms with Crippen LogP contribution in [0.1, 0.15) is 23.0 Å². The highest BCUT2D eigenvalue weighted by Gasteiger charge is 2.34. The van der Waals surface area contributed by atoms with Crippen molar-refractivity contribution in [2.24, 2.45) is 0 Å². The molecular formula is C17H17F3N4O2. The topological polar surface area (TPSA) is 69.3 Å². The number of hydrogen-bond acceptors (Lipinski definition) is 3. The molecule has 6 nitrogen and oxygen atoms in total. The van der Waals surface area contributed by atoms with E-state index >= 15 is 0 Å². The molecule has 1 aromatic carbocycles. The fourth-order valence-corrected chi connectivity index (χ4v) is 2.88. The number of alkyl halides is 3. The molecule has 2 heterocycles. The Labute approximate surface area is 147 Å². The van der Waals surface area contributed by atoms with E-state index in [1.165, 1.54) is 11.0 Å². The Morgan fingerprint density at radius 3 is 2.65 bits per heavy atom. The Morgan fingerprint density at radius 2 is 2.00 bits per heavy atom. The minimum atomic E-state index is -4.52. The minimum absolute atomic E-state index is 0.0921. The van der Waals surface area contributed by atoms with Crippen molar-refractivity contribution in [3.05, 3.63) is 41.6 Å². The number of aromatic nitrogens is 2. The van der Waals surface area contributed by atoms with E-state index in [1.807, 2.05) is 5.10 Å². The summed E-state index contributed by atoms with van der Waals surface area (Å²) in [6, 6.07) is 6.50. The summed E-state index contributed by atoms with van der Waals surface area (Å²) in [7, 11) is 1.68. The van der Waals surface area contributed by atoms with Gasteiger partial charge in [0.25, 0.3) is 5.91 Å². The van der Waals surface area contributed by atoms with Gasteiger partial charge in [-0.1, -0.05) is 12.1 Å². The second-order valence-electron chi connectivity index (χ2n) is 6.18. The van der Waals surface area contributed by atoms with Crippen LogP contribution in [-0.4, -0.2) is 58.0 Å². The molecule has 1 N–H and O–H groups in total. The van der Waals surface area contributed by atoms with Gasteiger partial charge in [-0.2, -0.15) is 18.3 Å². The molecule has 2 amide bonds. The van der Waals surface area contributed by atoms with Crippen molar-refractivity contribution in [2.45, 2.75) is 19.1 Å². The Kier molecular flexibility index (Phi) is 4.47. The van der Waals surface area contributed by atoms with Crippen LogP contribution in [0.25, 0.3) is 11.3 Å². The maximum atomic E-state index is 12.8. The van der Waals surface area contributed by atoms with Crippen molar-refractivity contribution < 1.29 is 22.8 Å². The van der Waals surface area contributed by atoms with Crippen molar-refractivity contribution in [2.75, 3.05) is 20.1 Å². The average molecular weight is 366 g/mol. The maximum Gasteiger partial charge on any atom is 0.432 e. The van der Waals surface area contributed by atoms with Gasteiger partial charge in [0, 0.05) is 31.3 Å². The first-order valence-corrected chi connectivity index (χ1v) is 7.97. The molecule has 1 aromatic heterocycles. The van der Waals surface area contributed by atoms with E-state index in [4.69, 9.17) is 0 Å². The Hall–Kier alpha value is -2.84. The number of likely N-dealkylation sites (N-methyl/N-ethyl adjacent to an activating group) is 1. The van der Waals surface area contributed by atoms with Crippen molar-refractivity contribution in [1.82, 2.24) is 20.0 Å². The summed E-state index contributed by atoms with van der Waals surface area (Å²) in [5.74, 6) is -0.491. The number of aromatic amines is 1. The molecule has 1 atom stereocenters. The average Bonchev–Trinajstić information content (AvgIpc) is 3.10. The number of nitrogens with one attached hydrogen (secondary N) is 1. The number of benzene rings is 1. The van der Waals surface area contributed by atoms with Gasteiger partial charge in [-0.3, -0.25) is 14.7 Å². The van der Waals surface area contributed by atoms with Gasteiger partial charge in [-0.05, 0) is 25.1 Å². The fourth-order valence-electron chi connectivity index (χ4n) is 2.88. The zero-order chi connectivity index (χ0) is 19.1. The summed E-state index contributed by atoms with van der Waals surface area (Å²) < 4.78 is 38.1. The molecule has 138 valence electrons. The lowest BCUT2D eigenvalue weighted by molar-refractivity contribution is -0.141. The lowest BCUT2D eigenvalue weighted by Gasteiger charge is -2.37. The first-order valence-electron chi connectivity index (χ1n) is 7.97. The van der Waals surface area contributed by atoms with Crippen LogP contribution in [-0.2, 0) is 11.0 Å². The third kappa shape index (κ3) is 3.29. The van der Waals surface area contributed by atoms with Crippen LogP contribution in [0, 0.1) is 0 Å². The van der Waals surface area contributed by atoms with E-state index in [0.717, 1.165) is 6.07 Å². The second-order valence-corrected chi connectivity index (χ2v) is 6.18. The molecule has 26 heavy (non-hydrogen) atoms. The third-order valence-electron chi connectivity index (χ3n) is 4.43. The molecule has 3 rings (SSSR count). The summed E-state index contributed by atoms with van der Waals surface area (Å²) >= 11 is 0. The Morgan fingerprint density at radius 1 is 1.27 bits per heavy atom. The van der Waals surface area contributed by atoms with Crippen LogP contribution in [0.15, 0.2) is 30.3 Å². The van der Waals surface area contributed by atoms with Gasteiger partial charge in [0.1, 0.15) is 11.7 Å². The highest BCUT2D eigenvalue weighted by molar-refractivity contribution is 5.98. The van der Waals surface area contributed by atoms with Crippen LogP contribution >= 0.6 is 0 Å². The van der Waals surface area contributed by atoms with Crippen molar-refractivity contribution in [1.29, 1.82) is 0 Å². The SMILES string of the molecule is C[C@@H]1C(=O)N(C)CCN1C(=O)c1cccc(-c2cc(C(F)(F)F)[nH]n2)c1. The Bertz CT molecular complexity index is 847. The quantitative estimate of drug-likeness (QED) is 0.887. The maximum absolute atomic E-state index is 12.8. The van der Waals surface area contributed by atoms with Gasteiger partial charge in [-0.25, -0.2) is 0 Å². The van der Waals surface area contributed by atoms with E-state index < -0.39 is 17.9 Å². The molecule has 1 aliphatic rings. The van der Waals surface area contributed by atoms with Gasteiger partial charge < -0.3 is 9.80 Å². The summed E-state index contributed by atoms with van der Waals surface area (Å²) in [5.41, 5.74) is -0.184. The smallest absolute Gasteiger partial charge is 0.342 e. The van der Waals surface area contributed by atoms with E-state index in [-0.39, 0.29) is 17.5 Å². The molecule has 9 heteroatoms. The van der Waals surface area contributed by atoms with Crippen LogP contribution in [0.5, 0.6) is 0 Å². The summed E-state index contributed by atoms with van der Waals surface area (Å²) in [6.45, 7) is 2.49. The first-order chi connectivity index (χ1) is 12.2. The lowest BCUT2D eigenvalue weighted by Crippen LogP contribution is -2.56. The molecule has 0 spiro atoms. The first kappa shape index (κ1) is 18.0. The molecular weight excluding hydrogens is 349 g/mol. The van der Waals surface area contributed by atoms with Crippen LogP contribution < -0.4 is 0 Å². The number of amides is 2. The van der Waals surface area contributed by atoms with Gasteiger partial charge in [-0.15, -0.1) is 0 Å². The standard InChI is InChI=1S/C17H17F3N4O2/c1-10-15(25)23(2)6-7-24(10)16(26)12-5-3-4-11(8-12)13-9-14(22-21-13)17(18,19)20/h3-5,8-10H,6-7H2,1-2H3,(H,21,22)/t10-/m1/s1. The molecule has 0 saturated carbocycles. The van der Waals surface area contributed by atoms with Crippen molar-refractivity contribution in [3.8, 4) is 11.3 Å². The highest BCUT2D eigenvalue weighted by atomic mass is 19.4. The van der Waals surface area contributed by atoms with Crippen LogP contribution in [0.2, 0.25) is 0 Å². The fraction of sp³-hybridized carbons (Fsp3) is 0.353. The molecule has 1 fully saturated rings. The van der Waals surface area contributed by atoms with E-state index in [0.29, 0.717) is 24.2 Å². The Balaban J connectivity index is 1.86. The molecule has 0 radical (unpaired) electrons. The number of carbonyl (C=O) groups is 2. The largest absolute Gasteiger partial charge is 0.432 e. The zero-order valence-corrected chi connectivity index (χ0v) is 14.2. The molecule has 2 aromatic rings. The summed E-state index contributed by atoms with van der Waals surface area (Å²) in [4.78, 5) is 27.9. The van der Waals surface area contributed by atoms with Crippen molar-refractivity contribution >= 4 is 11.8 Å². The summed E-state index contributed by atoms with van der Waals surface area (Å²) in [5, 5.41) is 5.63. The van der Waals surface area contributed by atoms with Crippen LogP contribution in [0.4, 0.5) is 13.2 Å². The highest BCUT2D eigenvalue weighted by Crippen LogP contribution is 2.30. The normalized spacial score (nSPS) is 18.3. The second kappa shape index (κ2) is 6.47. The van der Waals surface area contributed by atoms with Gasteiger partial charge in [0.2, 0.25) is 5.91 Å². The zero-order valence-electron chi connectivity index (χ0n) is 14.2. The van der Waals surface area contributed by atoms with Gasteiger partial charge in [0.05, 0.1) is 5.69 Å². The molecule has 0 bridgehead atoms. The predicted octanol–water partition coefficient (Wildman–Crippen LogP) is 2.40. The van der Waals surface area contributed by atoms with Gasteiger partial charge in [0.15, 0.2) is 0 Å². The number of rotatable bonds is 2. The number of nitrogens with zero attached hydrogens (tertiary/aromatic N) is 3. The predicted molar refractivity (Wildman–Crippen MR) is 87.2 cm³/mol. The van der Waals surface area contributed by atoms with E-state index in [1.54, 1.807) is 37.1 Å². The van der Waals surface area contributed by atoms with E-state index in [9.17, 15) is 22.8 Å². The number of hydrogen-bond donors (Lipinski definition) is 1. The minimum Gasteiger partial charge on any atom is -0.342 e. The van der Waals surface area contributed by atoms with Crippen molar-refractivity contribution in [3.63, 3.8) is 0 Å². The molecule has 1 saturated heterocycles. The molecule has 1 aliphatic heterocycles. The third-order valence-corrected chi connectivity index (χ3v) is 4.43.